The van der Waals surface area contributed by atoms with Crippen LogP contribution in [0.15, 0.2) is 24.3 Å². The van der Waals surface area contributed by atoms with Crippen molar-refractivity contribution in [2.75, 3.05) is 26.2 Å². The summed E-state index contributed by atoms with van der Waals surface area (Å²) in [5, 5.41) is 18.5. The number of rotatable bonds is 4. The number of phenolic OH excluding ortho intramolecular Hbond substituents is 1. The lowest BCUT2D eigenvalue weighted by Gasteiger charge is -2.36. The van der Waals surface area contributed by atoms with Crippen molar-refractivity contribution in [1.29, 1.82) is 5.26 Å². The Bertz CT molecular complexity index is 447. The minimum absolute atomic E-state index is 0.0583. The Morgan fingerprint density at radius 3 is 2.63 bits per heavy atom. The van der Waals surface area contributed by atoms with E-state index in [1.165, 1.54) is 0 Å². The second kappa shape index (κ2) is 6.55. The molecule has 1 aliphatic heterocycles. The van der Waals surface area contributed by atoms with Gasteiger partial charge in [-0.15, -0.1) is 0 Å². The van der Waals surface area contributed by atoms with E-state index in [-0.39, 0.29) is 6.04 Å². The first kappa shape index (κ1) is 13.9. The molecule has 1 heterocycles. The molecule has 1 unspecified atom stereocenters. The van der Waals surface area contributed by atoms with Gasteiger partial charge >= 0.3 is 0 Å². The molecule has 0 aromatic heterocycles. The van der Waals surface area contributed by atoms with E-state index in [4.69, 9.17) is 5.26 Å². The fourth-order valence-electron chi connectivity index (χ4n) is 2.58. The van der Waals surface area contributed by atoms with Gasteiger partial charge < -0.3 is 5.11 Å². The highest BCUT2D eigenvalue weighted by Gasteiger charge is 2.22. The zero-order valence-electron chi connectivity index (χ0n) is 11.4. The van der Waals surface area contributed by atoms with E-state index in [1.807, 2.05) is 18.2 Å². The molecule has 102 valence electrons. The third kappa shape index (κ3) is 3.69. The molecule has 0 bridgehead atoms. The molecule has 4 nitrogen and oxygen atoms in total. The lowest BCUT2D eigenvalue weighted by Crippen LogP contribution is -2.49. The molecule has 19 heavy (non-hydrogen) atoms. The van der Waals surface area contributed by atoms with E-state index < -0.39 is 0 Å². The number of nitrogens with zero attached hydrogens (tertiary/aromatic N) is 3. The van der Waals surface area contributed by atoms with Gasteiger partial charge in [-0.05, 0) is 24.1 Å². The third-order valence-corrected chi connectivity index (χ3v) is 3.70. The van der Waals surface area contributed by atoms with Gasteiger partial charge in [0.25, 0.3) is 0 Å². The highest BCUT2D eigenvalue weighted by molar-refractivity contribution is 5.27. The molecule has 1 saturated heterocycles. The van der Waals surface area contributed by atoms with E-state index >= 15 is 0 Å². The first-order valence-electron chi connectivity index (χ1n) is 6.87. The van der Waals surface area contributed by atoms with Crippen LogP contribution in [0.3, 0.4) is 0 Å². The van der Waals surface area contributed by atoms with Crippen molar-refractivity contribution in [3.63, 3.8) is 0 Å². The fraction of sp³-hybridized carbons (Fsp3) is 0.533. The minimum atomic E-state index is 0.0583. The average molecular weight is 259 g/mol. The van der Waals surface area contributed by atoms with Gasteiger partial charge in [0.15, 0.2) is 0 Å². The Balaban J connectivity index is 1.85. The smallest absolute Gasteiger partial charge is 0.115 e. The van der Waals surface area contributed by atoms with Gasteiger partial charge in [0, 0.05) is 32.7 Å². The van der Waals surface area contributed by atoms with E-state index in [0.29, 0.717) is 5.75 Å². The summed E-state index contributed by atoms with van der Waals surface area (Å²) in [5.41, 5.74) is 1.14. The molecule has 1 aromatic carbocycles. The summed E-state index contributed by atoms with van der Waals surface area (Å²) in [4.78, 5) is 4.63. The SMILES string of the molecule is CCC(C#N)N1CCN(Cc2cccc(O)c2)CC1. The first-order chi connectivity index (χ1) is 9.22. The van der Waals surface area contributed by atoms with E-state index in [0.717, 1.165) is 44.7 Å². The maximum atomic E-state index is 9.46. The number of benzene rings is 1. The van der Waals surface area contributed by atoms with Gasteiger partial charge in [0.05, 0.1) is 12.1 Å². The summed E-state index contributed by atoms with van der Waals surface area (Å²) >= 11 is 0. The van der Waals surface area contributed by atoms with Gasteiger partial charge in [-0.2, -0.15) is 5.26 Å². The summed E-state index contributed by atoms with van der Waals surface area (Å²) in [6.07, 6.45) is 0.892. The number of hydrogen-bond donors (Lipinski definition) is 1. The van der Waals surface area contributed by atoms with Crippen LogP contribution in [0.2, 0.25) is 0 Å². The molecule has 0 spiro atoms. The van der Waals surface area contributed by atoms with E-state index in [2.05, 4.69) is 22.8 Å². The maximum absolute atomic E-state index is 9.46. The van der Waals surface area contributed by atoms with Crippen molar-refractivity contribution >= 4 is 0 Å². The molecule has 0 aliphatic carbocycles. The predicted octanol–water partition coefficient (Wildman–Crippen LogP) is 1.81. The normalized spacial score (nSPS) is 18.9. The van der Waals surface area contributed by atoms with Gasteiger partial charge in [0.2, 0.25) is 0 Å². The molecule has 0 amide bonds. The Labute approximate surface area is 114 Å². The Morgan fingerprint density at radius 2 is 2.05 bits per heavy atom. The van der Waals surface area contributed by atoms with Crippen molar-refractivity contribution in [2.45, 2.75) is 25.9 Å². The summed E-state index contributed by atoms with van der Waals surface area (Å²) in [7, 11) is 0. The second-order valence-corrected chi connectivity index (χ2v) is 5.04. The minimum Gasteiger partial charge on any atom is -0.508 e. The highest BCUT2D eigenvalue weighted by Crippen LogP contribution is 2.15. The average Bonchev–Trinajstić information content (AvgIpc) is 2.42. The van der Waals surface area contributed by atoms with Crippen LogP contribution in [-0.2, 0) is 6.54 Å². The van der Waals surface area contributed by atoms with Crippen LogP contribution < -0.4 is 0 Å². The van der Waals surface area contributed by atoms with Crippen LogP contribution in [0.5, 0.6) is 5.75 Å². The van der Waals surface area contributed by atoms with Gasteiger partial charge in [0.1, 0.15) is 5.75 Å². The first-order valence-corrected chi connectivity index (χ1v) is 6.87. The summed E-state index contributed by atoms with van der Waals surface area (Å²) in [5.74, 6) is 0.326. The molecule has 1 atom stereocenters. The molecule has 0 saturated carbocycles. The zero-order valence-corrected chi connectivity index (χ0v) is 11.4. The number of hydrogen-bond acceptors (Lipinski definition) is 4. The van der Waals surface area contributed by atoms with Gasteiger partial charge in [-0.1, -0.05) is 19.1 Å². The van der Waals surface area contributed by atoms with Crippen LogP contribution in [0.4, 0.5) is 0 Å². The van der Waals surface area contributed by atoms with Crippen molar-refractivity contribution in [3.05, 3.63) is 29.8 Å². The van der Waals surface area contributed by atoms with Crippen LogP contribution in [-0.4, -0.2) is 47.1 Å². The Kier molecular flexibility index (Phi) is 4.78. The van der Waals surface area contributed by atoms with Crippen LogP contribution >= 0.6 is 0 Å². The summed E-state index contributed by atoms with van der Waals surface area (Å²) < 4.78 is 0. The van der Waals surface area contributed by atoms with E-state index in [1.54, 1.807) is 6.07 Å². The quantitative estimate of drug-likeness (QED) is 0.896. The second-order valence-electron chi connectivity index (χ2n) is 5.04. The number of nitriles is 1. The van der Waals surface area contributed by atoms with Crippen molar-refractivity contribution in [2.24, 2.45) is 0 Å². The van der Waals surface area contributed by atoms with E-state index in [9.17, 15) is 5.11 Å². The standard InChI is InChI=1S/C15H21N3O/c1-2-14(11-16)18-8-6-17(7-9-18)12-13-4-3-5-15(19)10-13/h3-5,10,14,19H,2,6-9,12H2,1H3. The zero-order chi connectivity index (χ0) is 13.7. The third-order valence-electron chi connectivity index (χ3n) is 3.70. The van der Waals surface area contributed by atoms with Crippen molar-refractivity contribution in [1.82, 2.24) is 9.80 Å². The molecule has 1 fully saturated rings. The molecule has 1 aliphatic rings. The van der Waals surface area contributed by atoms with Crippen LogP contribution in [0.25, 0.3) is 0 Å². The monoisotopic (exact) mass is 259 g/mol. The Morgan fingerprint density at radius 1 is 1.32 bits per heavy atom. The molecule has 1 N–H and O–H groups in total. The predicted molar refractivity (Wildman–Crippen MR) is 74.6 cm³/mol. The number of aromatic hydroxyl groups is 1. The van der Waals surface area contributed by atoms with Gasteiger partial charge in [-0.3, -0.25) is 9.80 Å². The molecule has 0 radical (unpaired) electrons. The summed E-state index contributed by atoms with van der Waals surface area (Å²) in [6, 6.07) is 9.85. The molecular formula is C15H21N3O. The van der Waals surface area contributed by atoms with Gasteiger partial charge in [-0.25, -0.2) is 0 Å². The largest absolute Gasteiger partial charge is 0.508 e. The van der Waals surface area contributed by atoms with Crippen molar-refractivity contribution < 1.29 is 5.11 Å². The molecular weight excluding hydrogens is 238 g/mol. The Hall–Kier alpha value is -1.57. The fourth-order valence-corrected chi connectivity index (χ4v) is 2.58. The number of piperazine rings is 1. The van der Waals surface area contributed by atoms with Crippen molar-refractivity contribution in [3.8, 4) is 11.8 Å². The maximum Gasteiger partial charge on any atom is 0.115 e. The number of phenols is 1. The highest BCUT2D eigenvalue weighted by atomic mass is 16.3. The topological polar surface area (TPSA) is 50.5 Å². The molecule has 2 rings (SSSR count). The molecule has 1 aromatic rings. The summed E-state index contributed by atoms with van der Waals surface area (Å²) in [6.45, 7) is 6.79. The lowest BCUT2D eigenvalue weighted by atomic mass is 10.1. The molecule has 4 heteroatoms. The van der Waals surface area contributed by atoms with Crippen LogP contribution in [0.1, 0.15) is 18.9 Å². The van der Waals surface area contributed by atoms with Crippen LogP contribution in [0, 0.1) is 11.3 Å². The lowest BCUT2D eigenvalue weighted by molar-refractivity contribution is 0.108.